The topological polar surface area (TPSA) is 77.7 Å². The molecule has 1 unspecified atom stereocenters. The highest BCUT2D eigenvalue weighted by Crippen LogP contribution is 2.35. The Kier molecular flexibility index (Phi) is 5.16. The van der Waals surface area contributed by atoms with Gasteiger partial charge < -0.3 is 18.9 Å². The van der Waals surface area contributed by atoms with Crippen molar-refractivity contribution in [2.45, 2.75) is 18.9 Å². The molecule has 29 heavy (non-hydrogen) atoms. The van der Waals surface area contributed by atoms with E-state index in [2.05, 4.69) is 10.1 Å². The summed E-state index contributed by atoms with van der Waals surface area (Å²) in [6.45, 7) is 0.550. The van der Waals surface area contributed by atoms with Gasteiger partial charge in [0, 0.05) is 17.7 Å². The molecule has 1 saturated heterocycles. The Bertz CT molecular complexity index is 1040. The van der Waals surface area contributed by atoms with Crippen molar-refractivity contribution in [1.29, 1.82) is 0 Å². The number of ether oxygens (including phenoxy) is 2. The second-order valence-corrected chi connectivity index (χ2v) is 6.69. The lowest BCUT2D eigenvalue weighted by Crippen LogP contribution is -2.30. The third kappa shape index (κ3) is 3.65. The molecule has 2 aromatic carbocycles. The van der Waals surface area contributed by atoms with Crippen molar-refractivity contribution < 1.29 is 23.2 Å². The number of hydrogen-bond donors (Lipinski definition) is 0. The molecular formula is C21H20FN3O4. The summed E-state index contributed by atoms with van der Waals surface area (Å²) in [5, 5.41) is 4.06. The minimum Gasteiger partial charge on any atom is -0.493 e. The van der Waals surface area contributed by atoms with E-state index in [1.54, 1.807) is 43.4 Å². The van der Waals surface area contributed by atoms with E-state index < -0.39 is 5.82 Å². The van der Waals surface area contributed by atoms with E-state index >= 15 is 0 Å². The second-order valence-electron chi connectivity index (χ2n) is 6.69. The number of aromatic nitrogens is 2. The molecule has 8 heteroatoms. The number of likely N-dealkylation sites (tertiary alicyclic amines) is 1. The molecule has 1 aliphatic rings. The van der Waals surface area contributed by atoms with Gasteiger partial charge in [0.2, 0.25) is 11.7 Å². The highest BCUT2D eigenvalue weighted by molar-refractivity contribution is 5.94. The van der Waals surface area contributed by atoms with Gasteiger partial charge in [-0.25, -0.2) is 4.39 Å². The van der Waals surface area contributed by atoms with Crippen LogP contribution in [0.4, 0.5) is 4.39 Å². The predicted octanol–water partition coefficient (Wildman–Crippen LogP) is 3.87. The van der Waals surface area contributed by atoms with Crippen molar-refractivity contribution in [2.24, 2.45) is 0 Å². The lowest BCUT2D eigenvalue weighted by atomic mass is 10.1. The molecule has 1 aromatic heterocycles. The van der Waals surface area contributed by atoms with Crippen molar-refractivity contribution in [3.8, 4) is 22.9 Å². The Morgan fingerprint density at radius 2 is 2.00 bits per heavy atom. The Hall–Kier alpha value is -3.42. The van der Waals surface area contributed by atoms with Gasteiger partial charge in [0.1, 0.15) is 11.9 Å². The number of halogens is 1. The quantitative estimate of drug-likeness (QED) is 0.650. The van der Waals surface area contributed by atoms with Crippen LogP contribution in [0.25, 0.3) is 11.4 Å². The maximum Gasteiger partial charge on any atom is 0.254 e. The molecule has 1 atom stereocenters. The van der Waals surface area contributed by atoms with Gasteiger partial charge in [-0.3, -0.25) is 4.79 Å². The van der Waals surface area contributed by atoms with E-state index in [1.807, 2.05) is 0 Å². The van der Waals surface area contributed by atoms with Gasteiger partial charge in [0.15, 0.2) is 11.5 Å². The maximum absolute atomic E-state index is 13.5. The van der Waals surface area contributed by atoms with Crippen molar-refractivity contribution in [1.82, 2.24) is 15.0 Å². The predicted molar refractivity (Wildman–Crippen MR) is 102 cm³/mol. The Labute approximate surface area is 167 Å². The van der Waals surface area contributed by atoms with E-state index in [0.717, 1.165) is 6.42 Å². The van der Waals surface area contributed by atoms with Gasteiger partial charge in [-0.1, -0.05) is 11.2 Å². The summed E-state index contributed by atoms with van der Waals surface area (Å²) in [7, 11) is 3.12. The van der Waals surface area contributed by atoms with Crippen LogP contribution in [0.5, 0.6) is 11.5 Å². The summed E-state index contributed by atoms with van der Waals surface area (Å²) in [6.07, 6.45) is 1.51. The normalized spacial score (nSPS) is 16.1. The molecule has 3 aromatic rings. The largest absolute Gasteiger partial charge is 0.493 e. The SMILES string of the molecule is COc1ccc(-c2noc(C3CCCN3C(=O)c3cccc(F)c3)n2)cc1OC. The Morgan fingerprint density at radius 1 is 1.17 bits per heavy atom. The molecule has 2 heterocycles. The Balaban J connectivity index is 1.59. The fraction of sp³-hybridized carbons (Fsp3) is 0.286. The molecule has 0 N–H and O–H groups in total. The molecule has 150 valence electrons. The zero-order chi connectivity index (χ0) is 20.4. The molecule has 1 fully saturated rings. The molecule has 0 spiro atoms. The molecule has 7 nitrogen and oxygen atoms in total. The van der Waals surface area contributed by atoms with Gasteiger partial charge in [-0.15, -0.1) is 0 Å². The maximum atomic E-state index is 13.5. The van der Waals surface area contributed by atoms with Gasteiger partial charge in [-0.05, 0) is 49.2 Å². The van der Waals surface area contributed by atoms with Crippen LogP contribution in [-0.4, -0.2) is 41.7 Å². The highest BCUT2D eigenvalue weighted by Gasteiger charge is 2.34. The number of benzene rings is 2. The van der Waals surface area contributed by atoms with Crippen LogP contribution in [0.15, 0.2) is 47.0 Å². The minimum atomic E-state index is -0.444. The van der Waals surface area contributed by atoms with Crippen LogP contribution in [0.3, 0.4) is 0 Å². The number of carbonyl (C=O) groups is 1. The van der Waals surface area contributed by atoms with Gasteiger partial charge in [-0.2, -0.15) is 4.98 Å². The lowest BCUT2D eigenvalue weighted by molar-refractivity contribution is 0.0709. The van der Waals surface area contributed by atoms with Crippen molar-refractivity contribution >= 4 is 5.91 Å². The number of nitrogens with zero attached hydrogens (tertiary/aromatic N) is 3. The molecule has 1 amide bonds. The third-order valence-corrected chi connectivity index (χ3v) is 4.95. The second kappa shape index (κ2) is 7.90. The molecular weight excluding hydrogens is 377 g/mol. The summed E-state index contributed by atoms with van der Waals surface area (Å²) in [5.74, 6) is 1.21. The van der Waals surface area contributed by atoms with Gasteiger partial charge in [0.25, 0.3) is 5.91 Å². The lowest BCUT2D eigenvalue weighted by Gasteiger charge is -2.21. The number of carbonyl (C=O) groups excluding carboxylic acids is 1. The summed E-state index contributed by atoms with van der Waals surface area (Å²) in [5.41, 5.74) is 1.01. The summed E-state index contributed by atoms with van der Waals surface area (Å²) in [4.78, 5) is 19.0. The van der Waals surface area contributed by atoms with E-state index in [4.69, 9.17) is 14.0 Å². The van der Waals surface area contributed by atoms with Crippen LogP contribution in [0.2, 0.25) is 0 Å². The molecule has 1 aliphatic heterocycles. The number of rotatable bonds is 5. The third-order valence-electron chi connectivity index (χ3n) is 4.95. The van der Waals surface area contributed by atoms with Crippen LogP contribution in [0, 0.1) is 5.82 Å². The monoisotopic (exact) mass is 397 g/mol. The van der Waals surface area contributed by atoms with Gasteiger partial charge >= 0.3 is 0 Å². The number of hydrogen-bond acceptors (Lipinski definition) is 6. The van der Waals surface area contributed by atoms with Crippen LogP contribution in [0.1, 0.15) is 35.1 Å². The van der Waals surface area contributed by atoms with Crippen molar-refractivity contribution in [3.63, 3.8) is 0 Å². The zero-order valence-electron chi connectivity index (χ0n) is 16.1. The smallest absolute Gasteiger partial charge is 0.254 e. The first kappa shape index (κ1) is 18.9. The first-order valence-electron chi connectivity index (χ1n) is 9.23. The first-order valence-corrected chi connectivity index (χ1v) is 9.23. The number of methoxy groups -OCH3 is 2. The average molecular weight is 397 g/mol. The van der Waals surface area contributed by atoms with E-state index in [9.17, 15) is 9.18 Å². The number of amides is 1. The van der Waals surface area contributed by atoms with Crippen molar-refractivity contribution in [3.05, 3.63) is 59.7 Å². The fourth-order valence-corrected chi connectivity index (χ4v) is 3.52. The standard InChI is InChI=1S/C21H20FN3O4/c1-27-17-9-8-13(12-18(17)28-2)19-23-20(29-24-19)16-7-4-10-25(16)21(26)14-5-3-6-15(22)11-14/h3,5-6,8-9,11-12,16H,4,7,10H2,1-2H3. The first-order chi connectivity index (χ1) is 14.1. The van der Waals surface area contributed by atoms with E-state index in [1.165, 1.54) is 18.2 Å². The highest BCUT2D eigenvalue weighted by atomic mass is 19.1. The summed E-state index contributed by atoms with van der Waals surface area (Å²) in [6, 6.07) is 10.7. The minimum absolute atomic E-state index is 0.252. The van der Waals surface area contributed by atoms with E-state index in [0.29, 0.717) is 47.3 Å². The summed E-state index contributed by atoms with van der Waals surface area (Å²) >= 11 is 0. The fourth-order valence-electron chi connectivity index (χ4n) is 3.52. The molecule has 0 saturated carbocycles. The molecule has 4 rings (SSSR count). The van der Waals surface area contributed by atoms with Gasteiger partial charge in [0.05, 0.1) is 14.2 Å². The van der Waals surface area contributed by atoms with E-state index in [-0.39, 0.29) is 11.9 Å². The summed E-state index contributed by atoms with van der Waals surface area (Å²) < 4.78 is 29.5. The zero-order valence-corrected chi connectivity index (χ0v) is 16.1. The van der Waals surface area contributed by atoms with Crippen LogP contribution < -0.4 is 9.47 Å². The van der Waals surface area contributed by atoms with Crippen LogP contribution in [-0.2, 0) is 0 Å². The van der Waals surface area contributed by atoms with Crippen LogP contribution >= 0.6 is 0 Å². The average Bonchev–Trinajstić information content (AvgIpc) is 3.42. The molecule has 0 radical (unpaired) electrons. The molecule has 0 bridgehead atoms. The molecule has 0 aliphatic carbocycles. The van der Waals surface area contributed by atoms with Crippen molar-refractivity contribution in [2.75, 3.05) is 20.8 Å². The Morgan fingerprint density at radius 3 is 2.76 bits per heavy atom.